The fraction of sp³-hybridized carbons (Fsp3) is 0.481. The number of nitrogens with one attached hydrogen (secondary N) is 1. The summed E-state index contributed by atoms with van der Waals surface area (Å²) >= 11 is 0. The van der Waals surface area contributed by atoms with Crippen molar-refractivity contribution >= 4 is 17.5 Å². The van der Waals surface area contributed by atoms with Crippen LogP contribution in [-0.2, 0) is 23.0 Å². The van der Waals surface area contributed by atoms with Gasteiger partial charge in [0, 0.05) is 44.5 Å². The van der Waals surface area contributed by atoms with E-state index in [1.54, 1.807) is 17.1 Å². The Kier molecular flexibility index (Phi) is 6.81. The molecule has 1 aliphatic heterocycles. The van der Waals surface area contributed by atoms with Crippen LogP contribution >= 0.6 is 0 Å². The number of anilines is 2. The number of ether oxygens (including phenoxy) is 1. The monoisotopic (exact) mass is 474 g/mol. The highest BCUT2D eigenvalue weighted by Crippen LogP contribution is 2.36. The molecule has 0 saturated carbocycles. The van der Waals surface area contributed by atoms with E-state index in [2.05, 4.69) is 33.6 Å². The molecule has 0 radical (unpaired) electrons. The maximum atomic E-state index is 13.0. The van der Waals surface area contributed by atoms with E-state index < -0.39 is 0 Å². The van der Waals surface area contributed by atoms with Gasteiger partial charge >= 0.3 is 0 Å². The molecule has 8 nitrogen and oxygen atoms in total. The summed E-state index contributed by atoms with van der Waals surface area (Å²) in [5.74, 6) is 1.06. The van der Waals surface area contributed by atoms with Gasteiger partial charge < -0.3 is 15.0 Å². The third-order valence-electron chi connectivity index (χ3n) is 6.83. The molecular formula is C27H34N6O2. The van der Waals surface area contributed by atoms with E-state index in [0.717, 1.165) is 55.7 Å². The number of nitrogens with zero attached hydrogens (tertiary/aromatic N) is 5. The van der Waals surface area contributed by atoms with Crippen LogP contribution in [0.25, 0.3) is 11.3 Å². The molecule has 184 valence electrons. The number of fused-ring (bicyclic) bond motifs is 1. The minimum absolute atomic E-state index is 0.188. The van der Waals surface area contributed by atoms with Crippen LogP contribution in [0.1, 0.15) is 56.6 Å². The number of benzene rings is 1. The molecule has 1 saturated heterocycles. The van der Waals surface area contributed by atoms with Gasteiger partial charge in [0.1, 0.15) is 0 Å². The molecule has 1 amide bonds. The number of rotatable bonds is 7. The van der Waals surface area contributed by atoms with Gasteiger partial charge in [-0.1, -0.05) is 18.6 Å². The van der Waals surface area contributed by atoms with Gasteiger partial charge in [0.25, 0.3) is 0 Å². The quantitative estimate of drug-likeness (QED) is 0.509. The first-order valence-electron chi connectivity index (χ1n) is 12.6. The van der Waals surface area contributed by atoms with E-state index in [9.17, 15) is 4.79 Å². The Bertz CT molecular complexity index is 1180. The normalized spacial score (nSPS) is 18.2. The SMILES string of the molecule is CC(C)OC1CN(C(=O)C[C@H]2CCCCc3cc(-c4ccnc(Nc5cnn(C)c5)n4)ccc32)C1. The molecule has 1 aliphatic carbocycles. The molecule has 35 heavy (non-hydrogen) atoms. The summed E-state index contributed by atoms with van der Waals surface area (Å²) in [6.07, 6.45) is 10.8. The summed E-state index contributed by atoms with van der Waals surface area (Å²) in [5.41, 5.74) is 5.45. The molecule has 3 heterocycles. The topological polar surface area (TPSA) is 85.2 Å². The van der Waals surface area contributed by atoms with E-state index in [1.807, 2.05) is 38.1 Å². The van der Waals surface area contributed by atoms with Gasteiger partial charge in [-0.3, -0.25) is 9.48 Å². The Morgan fingerprint density at radius 1 is 1.23 bits per heavy atom. The van der Waals surface area contributed by atoms with Crippen LogP contribution in [0.3, 0.4) is 0 Å². The number of amides is 1. The molecule has 8 heteroatoms. The van der Waals surface area contributed by atoms with Crippen molar-refractivity contribution in [2.75, 3.05) is 18.4 Å². The Morgan fingerprint density at radius 2 is 2.09 bits per heavy atom. The molecule has 1 aromatic carbocycles. The molecule has 1 fully saturated rings. The van der Waals surface area contributed by atoms with Crippen molar-refractivity contribution in [3.05, 3.63) is 54.0 Å². The predicted molar refractivity (Wildman–Crippen MR) is 135 cm³/mol. The van der Waals surface area contributed by atoms with Crippen LogP contribution in [0.5, 0.6) is 0 Å². The van der Waals surface area contributed by atoms with Crippen LogP contribution in [0, 0.1) is 0 Å². The van der Waals surface area contributed by atoms with Crippen LogP contribution in [0.2, 0.25) is 0 Å². The van der Waals surface area contributed by atoms with E-state index in [4.69, 9.17) is 9.72 Å². The summed E-state index contributed by atoms with van der Waals surface area (Å²) in [7, 11) is 1.88. The average Bonchev–Trinajstić information content (AvgIpc) is 3.11. The largest absolute Gasteiger partial charge is 0.372 e. The van der Waals surface area contributed by atoms with Gasteiger partial charge in [0.15, 0.2) is 0 Å². The maximum absolute atomic E-state index is 13.0. The summed E-state index contributed by atoms with van der Waals surface area (Å²) in [6.45, 7) is 5.53. The van der Waals surface area contributed by atoms with Gasteiger partial charge in [-0.05, 0) is 62.3 Å². The average molecular weight is 475 g/mol. The van der Waals surface area contributed by atoms with Crippen molar-refractivity contribution in [2.24, 2.45) is 7.05 Å². The second kappa shape index (κ2) is 10.2. The lowest BCUT2D eigenvalue weighted by atomic mass is 9.88. The van der Waals surface area contributed by atoms with Gasteiger partial charge in [-0.2, -0.15) is 5.10 Å². The molecule has 1 atom stereocenters. The van der Waals surface area contributed by atoms with E-state index >= 15 is 0 Å². The Hall–Kier alpha value is -3.26. The number of aryl methyl sites for hydroxylation is 2. The van der Waals surface area contributed by atoms with Crippen molar-refractivity contribution in [3.63, 3.8) is 0 Å². The first-order chi connectivity index (χ1) is 16.9. The van der Waals surface area contributed by atoms with Gasteiger partial charge in [0.05, 0.1) is 29.8 Å². The van der Waals surface area contributed by atoms with Crippen molar-refractivity contribution < 1.29 is 9.53 Å². The van der Waals surface area contributed by atoms with Crippen LogP contribution < -0.4 is 5.32 Å². The summed E-state index contributed by atoms with van der Waals surface area (Å²) in [4.78, 5) is 24.0. The molecule has 1 N–H and O–H groups in total. The highest BCUT2D eigenvalue weighted by atomic mass is 16.5. The molecule has 0 unspecified atom stereocenters. The van der Waals surface area contributed by atoms with Crippen molar-refractivity contribution in [3.8, 4) is 11.3 Å². The highest BCUT2D eigenvalue weighted by molar-refractivity contribution is 5.78. The lowest BCUT2D eigenvalue weighted by Gasteiger charge is -2.40. The molecule has 2 aromatic heterocycles. The Morgan fingerprint density at radius 3 is 2.86 bits per heavy atom. The molecule has 0 bridgehead atoms. The smallest absolute Gasteiger partial charge is 0.227 e. The first-order valence-corrected chi connectivity index (χ1v) is 12.6. The summed E-state index contributed by atoms with van der Waals surface area (Å²) < 4.78 is 7.55. The van der Waals surface area contributed by atoms with Crippen molar-refractivity contribution in [2.45, 2.75) is 64.1 Å². The predicted octanol–water partition coefficient (Wildman–Crippen LogP) is 4.46. The van der Waals surface area contributed by atoms with Gasteiger partial charge in [-0.15, -0.1) is 0 Å². The fourth-order valence-electron chi connectivity index (χ4n) is 5.10. The Balaban J connectivity index is 1.29. The zero-order valence-corrected chi connectivity index (χ0v) is 20.8. The second-order valence-electron chi connectivity index (χ2n) is 9.96. The number of aromatic nitrogens is 4. The Labute approximate surface area is 206 Å². The fourth-order valence-corrected chi connectivity index (χ4v) is 5.10. The lowest BCUT2D eigenvalue weighted by molar-refractivity contribution is -0.148. The molecule has 5 rings (SSSR count). The highest BCUT2D eigenvalue weighted by Gasteiger charge is 2.33. The standard InChI is InChI=1S/C27H34N6O2/c1-18(2)35-23-16-33(17-23)26(34)13-20-7-5-4-6-19-12-21(8-9-24(19)20)25-10-11-28-27(31-25)30-22-14-29-32(3)15-22/h8-12,14-15,18,20,23H,4-7,13,16-17H2,1-3H3,(H,28,30,31)/t20-/m1/s1. The number of hydrogen-bond donors (Lipinski definition) is 1. The number of hydrogen-bond acceptors (Lipinski definition) is 6. The first kappa shape index (κ1) is 23.5. The molecule has 0 spiro atoms. The third kappa shape index (κ3) is 5.53. The van der Waals surface area contributed by atoms with Gasteiger partial charge in [-0.25, -0.2) is 9.97 Å². The second-order valence-corrected chi connectivity index (χ2v) is 9.96. The van der Waals surface area contributed by atoms with Crippen LogP contribution in [0.4, 0.5) is 11.6 Å². The third-order valence-corrected chi connectivity index (χ3v) is 6.83. The van der Waals surface area contributed by atoms with Crippen LogP contribution in [-0.4, -0.2) is 55.9 Å². The zero-order valence-electron chi connectivity index (χ0n) is 20.8. The minimum Gasteiger partial charge on any atom is -0.372 e. The van der Waals surface area contributed by atoms with E-state index in [1.165, 1.54) is 11.1 Å². The number of carbonyl (C=O) groups is 1. The molecule has 2 aliphatic rings. The lowest BCUT2D eigenvalue weighted by Crippen LogP contribution is -2.55. The molecule has 3 aromatic rings. The zero-order chi connectivity index (χ0) is 24.4. The number of carbonyl (C=O) groups excluding carboxylic acids is 1. The minimum atomic E-state index is 0.188. The van der Waals surface area contributed by atoms with Crippen LogP contribution in [0.15, 0.2) is 42.9 Å². The van der Waals surface area contributed by atoms with E-state index in [0.29, 0.717) is 12.4 Å². The van der Waals surface area contributed by atoms with Crippen molar-refractivity contribution in [1.82, 2.24) is 24.6 Å². The summed E-state index contributed by atoms with van der Waals surface area (Å²) in [6, 6.07) is 8.54. The number of likely N-dealkylation sites (tertiary alicyclic amines) is 1. The van der Waals surface area contributed by atoms with E-state index in [-0.39, 0.29) is 24.0 Å². The maximum Gasteiger partial charge on any atom is 0.227 e. The summed E-state index contributed by atoms with van der Waals surface area (Å²) in [5, 5.41) is 7.39. The van der Waals surface area contributed by atoms with Crippen molar-refractivity contribution in [1.29, 1.82) is 0 Å². The molecular weight excluding hydrogens is 440 g/mol. The van der Waals surface area contributed by atoms with Gasteiger partial charge in [0.2, 0.25) is 11.9 Å².